The van der Waals surface area contributed by atoms with Gasteiger partial charge in [-0.15, -0.1) is 0 Å². The third-order valence-corrected chi connectivity index (χ3v) is 3.80. The Morgan fingerprint density at radius 2 is 2.14 bits per heavy atom. The molecule has 0 unspecified atom stereocenters. The van der Waals surface area contributed by atoms with E-state index in [1.807, 2.05) is 6.07 Å². The molecule has 0 aliphatic carbocycles. The van der Waals surface area contributed by atoms with Gasteiger partial charge in [-0.2, -0.15) is 0 Å². The van der Waals surface area contributed by atoms with Crippen LogP contribution < -0.4 is 10.2 Å². The molecule has 21 heavy (non-hydrogen) atoms. The molecule has 1 aromatic heterocycles. The molecule has 0 saturated carbocycles. The maximum Gasteiger partial charge on any atom is 0.326 e. The van der Waals surface area contributed by atoms with Gasteiger partial charge < -0.3 is 15.3 Å². The van der Waals surface area contributed by atoms with Crippen molar-refractivity contribution < 1.29 is 9.90 Å². The van der Waals surface area contributed by atoms with Crippen molar-refractivity contribution in [3.05, 3.63) is 12.4 Å². The summed E-state index contributed by atoms with van der Waals surface area (Å²) in [7, 11) is 0. The Bertz CT molecular complexity index is 461. The molecule has 0 aromatic carbocycles. The van der Waals surface area contributed by atoms with E-state index in [9.17, 15) is 9.90 Å². The van der Waals surface area contributed by atoms with E-state index < -0.39 is 12.0 Å². The van der Waals surface area contributed by atoms with Crippen molar-refractivity contribution in [1.29, 1.82) is 0 Å². The molecule has 6 nitrogen and oxygen atoms in total. The number of hydrogen-bond donors (Lipinski definition) is 2. The molecule has 0 spiro atoms. The molecule has 6 heteroatoms. The van der Waals surface area contributed by atoms with Gasteiger partial charge in [-0.1, -0.05) is 19.8 Å². The predicted octanol–water partition coefficient (Wildman–Crippen LogP) is 2.52. The molecule has 0 radical (unpaired) electrons. The topological polar surface area (TPSA) is 78.3 Å². The van der Waals surface area contributed by atoms with Crippen LogP contribution >= 0.6 is 0 Å². The molecular formula is C15H24N4O2. The minimum Gasteiger partial charge on any atom is -0.480 e. The van der Waals surface area contributed by atoms with Crippen LogP contribution in [0.4, 0.5) is 11.6 Å². The SMILES string of the molecule is CCCC[C@H](Nc1cc(N2CCCCC2)ncn1)C(=O)O. The molecular weight excluding hydrogens is 268 g/mol. The van der Waals surface area contributed by atoms with Crippen LogP contribution in [-0.2, 0) is 4.79 Å². The number of carbonyl (C=O) groups is 1. The zero-order valence-corrected chi connectivity index (χ0v) is 12.6. The van der Waals surface area contributed by atoms with E-state index in [2.05, 4.69) is 27.1 Å². The second-order valence-electron chi connectivity index (χ2n) is 5.49. The molecule has 2 rings (SSSR count). The second kappa shape index (κ2) is 7.81. The molecule has 0 bridgehead atoms. The number of carboxylic acid groups (broad SMARTS) is 1. The predicted molar refractivity (Wildman–Crippen MR) is 82.7 cm³/mol. The summed E-state index contributed by atoms with van der Waals surface area (Å²) in [4.78, 5) is 22.0. The second-order valence-corrected chi connectivity index (χ2v) is 5.49. The number of aromatic nitrogens is 2. The first kappa shape index (κ1) is 15.5. The largest absolute Gasteiger partial charge is 0.480 e. The van der Waals surface area contributed by atoms with E-state index in [0.717, 1.165) is 31.7 Å². The molecule has 0 amide bonds. The number of nitrogens with one attached hydrogen (secondary N) is 1. The van der Waals surface area contributed by atoms with Gasteiger partial charge in [0.2, 0.25) is 0 Å². The number of nitrogens with zero attached hydrogens (tertiary/aromatic N) is 3. The van der Waals surface area contributed by atoms with Gasteiger partial charge in [0.25, 0.3) is 0 Å². The fourth-order valence-electron chi connectivity index (χ4n) is 2.57. The molecule has 1 atom stereocenters. The summed E-state index contributed by atoms with van der Waals surface area (Å²) in [6.07, 6.45) is 7.61. The third-order valence-electron chi connectivity index (χ3n) is 3.80. The van der Waals surface area contributed by atoms with Crippen molar-refractivity contribution in [2.75, 3.05) is 23.3 Å². The van der Waals surface area contributed by atoms with Gasteiger partial charge in [0.15, 0.2) is 0 Å². The zero-order valence-electron chi connectivity index (χ0n) is 12.6. The van der Waals surface area contributed by atoms with Crippen LogP contribution in [0.25, 0.3) is 0 Å². The maximum absolute atomic E-state index is 11.3. The summed E-state index contributed by atoms with van der Waals surface area (Å²) >= 11 is 0. The van der Waals surface area contributed by atoms with Crippen LogP contribution in [0.3, 0.4) is 0 Å². The Morgan fingerprint density at radius 1 is 1.38 bits per heavy atom. The van der Waals surface area contributed by atoms with Crippen LogP contribution in [-0.4, -0.2) is 40.2 Å². The highest BCUT2D eigenvalue weighted by atomic mass is 16.4. The van der Waals surface area contributed by atoms with E-state index in [-0.39, 0.29) is 0 Å². The van der Waals surface area contributed by atoms with Crippen LogP contribution in [0.5, 0.6) is 0 Å². The van der Waals surface area contributed by atoms with E-state index >= 15 is 0 Å². The van der Waals surface area contributed by atoms with E-state index in [4.69, 9.17) is 0 Å². The molecule has 2 heterocycles. The normalized spacial score (nSPS) is 16.5. The number of piperidine rings is 1. The van der Waals surface area contributed by atoms with Crippen LogP contribution in [0.1, 0.15) is 45.4 Å². The first-order chi connectivity index (χ1) is 10.2. The lowest BCUT2D eigenvalue weighted by molar-refractivity contribution is -0.138. The van der Waals surface area contributed by atoms with Gasteiger partial charge in [0.1, 0.15) is 24.0 Å². The van der Waals surface area contributed by atoms with Crippen molar-refractivity contribution in [2.24, 2.45) is 0 Å². The van der Waals surface area contributed by atoms with Crippen LogP contribution in [0.2, 0.25) is 0 Å². The molecule has 1 saturated heterocycles. The first-order valence-electron chi connectivity index (χ1n) is 7.77. The zero-order chi connectivity index (χ0) is 15.1. The summed E-state index contributed by atoms with van der Waals surface area (Å²) in [5.41, 5.74) is 0. The Morgan fingerprint density at radius 3 is 2.81 bits per heavy atom. The Balaban J connectivity index is 2.03. The van der Waals surface area contributed by atoms with Crippen molar-refractivity contribution in [2.45, 2.75) is 51.5 Å². The van der Waals surface area contributed by atoms with E-state index in [1.165, 1.54) is 25.6 Å². The van der Waals surface area contributed by atoms with Gasteiger partial charge in [0.05, 0.1) is 0 Å². The average Bonchev–Trinajstić information content (AvgIpc) is 2.52. The summed E-state index contributed by atoms with van der Waals surface area (Å²) < 4.78 is 0. The van der Waals surface area contributed by atoms with Gasteiger partial charge in [-0.3, -0.25) is 0 Å². The summed E-state index contributed by atoms with van der Waals surface area (Å²) in [6.45, 7) is 4.07. The quantitative estimate of drug-likeness (QED) is 0.804. The van der Waals surface area contributed by atoms with Gasteiger partial charge in [-0.25, -0.2) is 14.8 Å². The van der Waals surface area contributed by atoms with Crippen molar-refractivity contribution in [1.82, 2.24) is 9.97 Å². The van der Waals surface area contributed by atoms with Crippen LogP contribution in [0.15, 0.2) is 12.4 Å². The highest BCUT2D eigenvalue weighted by Crippen LogP contribution is 2.20. The molecule has 1 fully saturated rings. The van der Waals surface area contributed by atoms with E-state index in [1.54, 1.807) is 0 Å². The lowest BCUT2D eigenvalue weighted by atomic mass is 10.1. The summed E-state index contributed by atoms with van der Waals surface area (Å²) in [5, 5.41) is 12.3. The summed E-state index contributed by atoms with van der Waals surface area (Å²) in [5.74, 6) is 0.641. The number of carboxylic acids is 1. The number of hydrogen-bond acceptors (Lipinski definition) is 5. The van der Waals surface area contributed by atoms with Crippen LogP contribution in [0, 0.1) is 0 Å². The Hall–Kier alpha value is -1.85. The minimum absolute atomic E-state index is 0.589. The average molecular weight is 292 g/mol. The van der Waals surface area contributed by atoms with Gasteiger partial charge in [0, 0.05) is 19.2 Å². The number of aliphatic carboxylic acids is 1. The fraction of sp³-hybridized carbons (Fsp3) is 0.667. The lowest BCUT2D eigenvalue weighted by Gasteiger charge is -2.27. The Labute approximate surface area is 125 Å². The van der Waals surface area contributed by atoms with E-state index in [0.29, 0.717) is 12.2 Å². The highest BCUT2D eigenvalue weighted by molar-refractivity contribution is 5.77. The number of anilines is 2. The van der Waals surface area contributed by atoms with Gasteiger partial charge in [-0.05, 0) is 25.7 Å². The molecule has 1 aromatic rings. The molecule has 1 aliphatic heterocycles. The number of unbranched alkanes of at least 4 members (excludes halogenated alkanes) is 1. The minimum atomic E-state index is -0.832. The van der Waals surface area contributed by atoms with Gasteiger partial charge >= 0.3 is 5.97 Å². The maximum atomic E-state index is 11.3. The lowest BCUT2D eigenvalue weighted by Crippen LogP contribution is -2.31. The van der Waals surface area contributed by atoms with Crippen molar-refractivity contribution in [3.8, 4) is 0 Å². The summed E-state index contributed by atoms with van der Waals surface area (Å²) in [6, 6.07) is 1.27. The smallest absolute Gasteiger partial charge is 0.326 e. The standard InChI is InChI=1S/C15H24N4O2/c1-2-3-7-12(15(20)21)18-13-10-14(17-11-16-13)19-8-5-4-6-9-19/h10-12H,2-9H2,1H3,(H,20,21)(H,16,17,18)/t12-/m0/s1. The Kier molecular flexibility index (Phi) is 5.78. The molecule has 1 aliphatic rings. The fourth-order valence-corrected chi connectivity index (χ4v) is 2.57. The number of rotatable bonds is 7. The first-order valence-corrected chi connectivity index (χ1v) is 7.77. The highest BCUT2D eigenvalue weighted by Gasteiger charge is 2.18. The third kappa shape index (κ3) is 4.58. The molecule has 2 N–H and O–H groups in total. The van der Waals surface area contributed by atoms with Crippen molar-refractivity contribution >= 4 is 17.6 Å². The van der Waals surface area contributed by atoms with Crippen molar-refractivity contribution in [3.63, 3.8) is 0 Å². The monoisotopic (exact) mass is 292 g/mol. The molecule has 116 valence electrons.